The molecule has 7 heteroatoms. The van der Waals surface area contributed by atoms with E-state index in [0.717, 1.165) is 83.5 Å². The number of methoxy groups -OCH3 is 1. The molecular weight excluding hydrogens is 464 g/mol. The van der Waals surface area contributed by atoms with Crippen molar-refractivity contribution in [1.82, 2.24) is 15.0 Å². The summed E-state index contributed by atoms with van der Waals surface area (Å²) >= 11 is 0. The van der Waals surface area contributed by atoms with E-state index in [1.54, 1.807) is 13.3 Å². The van der Waals surface area contributed by atoms with Crippen LogP contribution in [0, 0.1) is 11.8 Å². The number of hydrogen-bond acceptors (Lipinski definition) is 6. The highest BCUT2D eigenvalue weighted by Crippen LogP contribution is 2.48. The van der Waals surface area contributed by atoms with Gasteiger partial charge in [-0.2, -0.15) is 4.98 Å². The number of piperidine rings is 3. The summed E-state index contributed by atoms with van der Waals surface area (Å²) in [6.45, 7) is 9.50. The number of rotatable bonds is 9. The second-order valence-electron chi connectivity index (χ2n) is 11.0. The maximum Gasteiger partial charge on any atom is 0.217 e. The van der Waals surface area contributed by atoms with E-state index >= 15 is 0 Å². The Morgan fingerprint density at radius 1 is 1.19 bits per heavy atom. The van der Waals surface area contributed by atoms with Gasteiger partial charge in [-0.1, -0.05) is 6.08 Å². The lowest BCUT2D eigenvalue weighted by Gasteiger charge is -2.58. The fourth-order valence-electron chi connectivity index (χ4n) is 6.76. The van der Waals surface area contributed by atoms with Gasteiger partial charge < -0.3 is 19.1 Å². The van der Waals surface area contributed by atoms with Crippen molar-refractivity contribution in [3.63, 3.8) is 0 Å². The standard InChI is InChI=1S/C30H37N4O3/c1-4-19-17-34(18-22-15-28(37-5-2)33-30(32-22)20-6-7-20)13-11-21(19)14-27(34)29(35)24-10-12-31-26-9-8-23(36-3)16-25(24)26/h4,8-10,12,15-16,19-21,27,29,35H,1,5-7,11,13-14,17-18H2,2-3H3/q+1. The van der Waals surface area contributed by atoms with Gasteiger partial charge in [-0.3, -0.25) is 4.98 Å². The number of aliphatic hydroxyl groups is 1. The minimum Gasteiger partial charge on any atom is -0.497 e. The van der Waals surface area contributed by atoms with Crippen LogP contribution < -0.4 is 9.47 Å². The predicted octanol–water partition coefficient (Wildman–Crippen LogP) is 4.95. The van der Waals surface area contributed by atoms with E-state index in [9.17, 15) is 5.11 Å². The Morgan fingerprint density at radius 2 is 2.05 bits per heavy atom. The topological polar surface area (TPSA) is 77.4 Å². The summed E-state index contributed by atoms with van der Waals surface area (Å²) in [5.74, 6) is 3.80. The summed E-state index contributed by atoms with van der Waals surface area (Å²) in [4.78, 5) is 14.3. The first-order chi connectivity index (χ1) is 18.0. The van der Waals surface area contributed by atoms with Crippen LogP contribution in [0.3, 0.4) is 0 Å². The first-order valence-corrected chi connectivity index (χ1v) is 13.6. The van der Waals surface area contributed by atoms with E-state index in [1.165, 1.54) is 0 Å². The SMILES string of the molecule is C=CC1C[N+]2(Cc3cc(OCC)nc(C4CC4)n3)CCC1CC2C(O)c1ccnc2ccc(OC)cc12. The molecule has 3 aliphatic heterocycles. The minimum absolute atomic E-state index is 0.0571. The lowest BCUT2D eigenvalue weighted by Crippen LogP contribution is -2.67. The molecule has 5 unspecified atom stereocenters. The van der Waals surface area contributed by atoms with Crippen molar-refractivity contribution in [3.8, 4) is 11.6 Å². The third-order valence-corrected chi connectivity index (χ3v) is 8.83. The number of fused-ring (bicyclic) bond motifs is 4. The molecule has 1 N–H and O–H groups in total. The van der Waals surface area contributed by atoms with Gasteiger partial charge in [0.2, 0.25) is 5.88 Å². The molecule has 1 aliphatic carbocycles. The highest BCUT2D eigenvalue weighted by Gasteiger charge is 2.54. The van der Waals surface area contributed by atoms with Gasteiger partial charge in [0.1, 0.15) is 36.0 Å². The van der Waals surface area contributed by atoms with E-state index < -0.39 is 6.10 Å². The van der Waals surface area contributed by atoms with Crippen molar-refractivity contribution >= 4 is 10.9 Å². The number of aromatic nitrogens is 3. The summed E-state index contributed by atoms with van der Waals surface area (Å²) < 4.78 is 12.1. The molecular formula is C30H37N4O3+. The Labute approximate surface area is 218 Å². The molecule has 3 saturated heterocycles. The second kappa shape index (κ2) is 9.69. The molecule has 4 fully saturated rings. The van der Waals surface area contributed by atoms with Crippen LogP contribution in [-0.4, -0.2) is 57.4 Å². The van der Waals surface area contributed by atoms with Gasteiger partial charge in [0.05, 0.1) is 32.3 Å². The highest BCUT2D eigenvalue weighted by molar-refractivity contribution is 5.83. The molecule has 5 heterocycles. The molecule has 2 aromatic heterocycles. The van der Waals surface area contributed by atoms with Crippen molar-refractivity contribution in [2.75, 3.05) is 26.8 Å². The summed E-state index contributed by atoms with van der Waals surface area (Å²) in [6, 6.07) is 9.92. The maximum atomic E-state index is 12.1. The van der Waals surface area contributed by atoms with Gasteiger partial charge in [-0.15, -0.1) is 6.58 Å². The van der Waals surface area contributed by atoms with Gasteiger partial charge in [-0.25, -0.2) is 4.98 Å². The molecule has 0 spiro atoms. The summed E-state index contributed by atoms with van der Waals surface area (Å²) in [5, 5.41) is 13.0. The molecule has 0 amide bonds. The Bertz CT molecular complexity index is 1310. The van der Waals surface area contributed by atoms with Crippen molar-refractivity contribution in [2.24, 2.45) is 11.8 Å². The number of hydrogen-bond donors (Lipinski definition) is 1. The zero-order chi connectivity index (χ0) is 25.6. The predicted molar refractivity (Wildman–Crippen MR) is 142 cm³/mol. The number of ether oxygens (including phenoxy) is 2. The molecule has 7 rings (SSSR count). The molecule has 4 aliphatic rings. The number of pyridine rings is 1. The van der Waals surface area contributed by atoms with Gasteiger partial charge in [0.15, 0.2) is 0 Å². The molecule has 2 bridgehead atoms. The summed E-state index contributed by atoms with van der Waals surface area (Å²) in [7, 11) is 1.67. The lowest BCUT2D eigenvalue weighted by atomic mass is 9.71. The maximum absolute atomic E-state index is 12.1. The molecule has 37 heavy (non-hydrogen) atoms. The number of nitrogens with zero attached hydrogens (tertiary/aromatic N) is 4. The van der Waals surface area contributed by atoms with Crippen LogP contribution in [0.25, 0.3) is 10.9 Å². The smallest absolute Gasteiger partial charge is 0.217 e. The number of benzene rings is 1. The molecule has 5 atom stereocenters. The van der Waals surface area contributed by atoms with E-state index in [-0.39, 0.29) is 6.04 Å². The van der Waals surface area contributed by atoms with E-state index in [0.29, 0.717) is 30.2 Å². The molecule has 7 nitrogen and oxygen atoms in total. The zero-order valence-corrected chi connectivity index (χ0v) is 21.8. The van der Waals surface area contributed by atoms with Crippen LogP contribution in [0.1, 0.15) is 61.7 Å². The van der Waals surface area contributed by atoms with Crippen LogP contribution in [0.15, 0.2) is 49.2 Å². The van der Waals surface area contributed by atoms with Crippen molar-refractivity contribution in [2.45, 2.75) is 57.2 Å². The first-order valence-electron chi connectivity index (χ1n) is 13.6. The van der Waals surface area contributed by atoms with Crippen molar-refractivity contribution in [1.29, 1.82) is 0 Å². The first kappa shape index (κ1) is 24.3. The van der Waals surface area contributed by atoms with Crippen molar-refractivity contribution in [3.05, 3.63) is 66.3 Å². The van der Waals surface area contributed by atoms with Crippen LogP contribution in [0.4, 0.5) is 0 Å². The largest absolute Gasteiger partial charge is 0.497 e. The zero-order valence-electron chi connectivity index (χ0n) is 21.8. The fourth-order valence-corrected chi connectivity index (χ4v) is 6.76. The molecule has 0 radical (unpaired) electrons. The lowest BCUT2D eigenvalue weighted by molar-refractivity contribution is -0.985. The molecule has 194 valence electrons. The second-order valence-corrected chi connectivity index (χ2v) is 11.0. The Morgan fingerprint density at radius 3 is 2.81 bits per heavy atom. The van der Waals surface area contributed by atoms with Crippen LogP contribution in [-0.2, 0) is 6.54 Å². The van der Waals surface area contributed by atoms with Gasteiger partial charge in [0.25, 0.3) is 0 Å². The van der Waals surface area contributed by atoms with Crippen LogP contribution in [0.2, 0.25) is 0 Å². The minimum atomic E-state index is -0.623. The van der Waals surface area contributed by atoms with E-state index in [1.807, 2.05) is 37.3 Å². The van der Waals surface area contributed by atoms with Crippen molar-refractivity contribution < 1.29 is 19.1 Å². The Balaban J connectivity index is 1.40. The van der Waals surface area contributed by atoms with Gasteiger partial charge >= 0.3 is 0 Å². The quantitative estimate of drug-likeness (QED) is 0.330. The summed E-state index contributed by atoms with van der Waals surface area (Å²) in [6.07, 6.45) is 7.72. The van der Waals surface area contributed by atoms with E-state index in [2.05, 4.69) is 17.6 Å². The van der Waals surface area contributed by atoms with Gasteiger partial charge in [-0.05, 0) is 55.5 Å². The third-order valence-electron chi connectivity index (χ3n) is 8.83. The normalized spacial score (nSPS) is 27.7. The molecule has 1 aromatic carbocycles. The van der Waals surface area contributed by atoms with Crippen LogP contribution >= 0.6 is 0 Å². The third kappa shape index (κ3) is 4.48. The highest BCUT2D eigenvalue weighted by atomic mass is 16.5. The monoisotopic (exact) mass is 501 g/mol. The Kier molecular flexibility index (Phi) is 6.37. The Hall–Kier alpha value is -3.03. The van der Waals surface area contributed by atoms with E-state index in [4.69, 9.17) is 19.4 Å². The fraction of sp³-hybridized carbons (Fsp3) is 0.500. The van der Waals surface area contributed by atoms with Gasteiger partial charge in [0, 0.05) is 42.3 Å². The average molecular weight is 502 g/mol. The number of aliphatic hydroxyl groups excluding tert-OH is 1. The summed E-state index contributed by atoms with van der Waals surface area (Å²) in [5.41, 5.74) is 2.81. The van der Waals surface area contributed by atoms with Crippen LogP contribution in [0.5, 0.6) is 11.6 Å². The molecule has 1 saturated carbocycles. The number of quaternary nitrogens is 1. The molecule has 3 aromatic rings. The average Bonchev–Trinajstić information content (AvgIpc) is 3.78.